The van der Waals surface area contributed by atoms with Crippen molar-refractivity contribution in [2.75, 3.05) is 26.8 Å². The smallest absolute Gasteiger partial charge is 0.0490 e. The van der Waals surface area contributed by atoms with Crippen molar-refractivity contribution in [1.82, 2.24) is 5.32 Å². The number of nitrogens with one attached hydrogen (secondary N) is 1. The molecule has 15 heavy (non-hydrogen) atoms. The standard InChI is InChI=1S/C13H27NO/c1-10(2)7-14-8-12-5-6-13(12)11(3)9-15-4/h10-14H,5-9H2,1-4H3. The average molecular weight is 213 g/mol. The van der Waals surface area contributed by atoms with Gasteiger partial charge in [0.1, 0.15) is 0 Å². The second-order valence-electron chi connectivity index (χ2n) is 5.49. The Balaban J connectivity index is 2.14. The molecule has 90 valence electrons. The minimum Gasteiger partial charge on any atom is -0.384 e. The van der Waals surface area contributed by atoms with Crippen LogP contribution in [0.1, 0.15) is 33.6 Å². The zero-order valence-electron chi connectivity index (χ0n) is 10.8. The van der Waals surface area contributed by atoms with Gasteiger partial charge in [0.15, 0.2) is 0 Å². The number of ether oxygens (including phenoxy) is 1. The Hall–Kier alpha value is -0.0800. The van der Waals surface area contributed by atoms with E-state index in [1.807, 2.05) is 0 Å². The Bertz CT molecular complexity index is 170. The maximum atomic E-state index is 5.23. The third kappa shape index (κ3) is 4.12. The van der Waals surface area contributed by atoms with E-state index < -0.39 is 0 Å². The molecule has 0 aromatic carbocycles. The number of hydrogen-bond acceptors (Lipinski definition) is 2. The van der Waals surface area contributed by atoms with Gasteiger partial charge >= 0.3 is 0 Å². The molecule has 2 nitrogen and oxygen atoms in total. The van der Waals surface area contributed by atoms with Crippen molar-refractivity contribution in [2.24, 2.45) is 23.7 Å². The topological polar surface area (TPSA) is 21.3 Å². The van der Waals surface area contributed by atoms with E-state index in [0.29, 0.717) is 0 Å². The van der Waals surface area contributed by atoms with E-state index in [1.54, 1.807) is 7.11 Å². The molecule has 1 rings (SSSR count). The van der Waals surface area contributed by atoms with Crippen LogP contribution in [0.25, 0.3) is 0 Å². The van der Waals surface area contributed by atoms with Crippen LogP contribution in [0.4, 0.5) is 0 Å². The Morgan fingerprint density at radius 1 is 1.27 bits per heavy atom. The van der Waals surface area contributed by atoms with Crippen molar-refractivity contribution in [2.45, 2.75) is 33.6 Å². The fourth-order valence-electron chi connectivity index (χ4n) is 2.54. The van der Waals surface area contributed by atoms with Crippen LogP contribution in [0.15, 0.2) is 0 Å². The van der Waals surface area contributed by atoms with E-state index in [-0.39, 0.29) is 0 Å². The van der Waals surface area contributed by atoms with Crippen LogP contribution in [-0.2, 0) is 4.74 Å². The Labute approximate surface area is 94.8 Å². The summed E-state index contributed by atoms with van der Waals surface area (Å²) in [5.74, 6) is 3.29. The van der Waals surface area contributed by atoms with Crippen LogP contribution >= 0.6 is 0 Å². The van der Waals surface area contributed by atoms with Gasteiger partial charge in [0.2, 0.25) is 0 Å². The van der Waals surface area contributed by atoms with Crippen molar-refractivity contribution in [1.29, 1.82) is 0 Å². The molecular formula is C13H27NO. The van der Waals surface area contributed by atoms with Crippen molar-refractivity contribution in [3.63, 3.8) is 0 Å². The van der Waals surface area contributed by atoms with E-state index in [1.165, 1.54) is 19.4 Å². The molecule has 0 saturated heterocycles. The maximum absolute atomic E-state index is 5.23. The van der Waals surface area contributed by atoms with Gasteiger partial charge in [-0.1, -0.05) is 20.8 Å². The molecular weight excluding hydrogens is 186 g/mol. The fourth-order valence-corrected chi connectivity index (χ4v) is 2.54. The van der Waals surface area contributed by atoms with E-state index in [9.17, 15) is 0 Å². The molecule has 2 heteroatoms. The largest absolute Gasteiger partial charge is 0.384 e. The molecule has 0 bridgehead atoms. The predicted octanol–water partition coefficient (Wildman–Crippen LogP) is 2.54. The quantitative estimate of drug-likeness (QED) is 0.702. The molecule has 3 unspecified atom stereocenters. The molecule has 0 amide bonds. The number of hydrogen-bond donors (Lipinski definition) is 1. The second kappa shape index (κ2) is 6.49. The molecule has 0 aliphatic heterocycles. The zero-order chi connectivity index (χ0) is 11.3. The molecule has 0 aromatic rings. The third-order valence-corrected chi connectivity index (χ3v) is 3.60. The first-order valence-electron chi connectivity index (χ1n) is 6.34. The summed E-state index contributed by atoms with van der Waals surface area (Å²) in [5.41, 5.74) is 0. The van der Waals surface area contributed by atoms with E-state index in [4.69, 9.17) is 4.74 Å². The molecule has 0 aromatic heterocycles. The zero-order valence-corrected chi connectivity index (χ0v) is 10.8. The van der Waals surface area contributed by atoms with E-state index >= 15 is 0 Å². The highest BCUT2D eigenvalue weighted by Crippen LogP contribution is 2.39. The first-order valence-corrected chi connectivity index (χ1v) is 6.34. The summed E-state index contributed by atoms with van der Waals surface area (Å²) in [4.78, 5) is 0. The lowest BCUT2D eigenvalue weighted by atomic mass is 9.67. The van der Waals surface area contributed by atoms with Gasteiger partial charge in [0.05, 0.1) is 0 Å². The first-order chi connectivity index (χ1) is 7.15. The summed E-state index contributed by atoms with van der Waals surface area (Å²) < 4.78 is 5.23. The van der Waals surface area contributed by atoms with Gasteiger partial charge in [-0.2, -0.15) is 0 Å². The van der Waals surface area contributed by atoms with Crippen LogP contribution in [0.3, 0.4) is 0 Å². The van der Waals surface area contributed by atoms with Gasteiger partial charge in [-0.3, -0.25) is 0 Å². The van der Waals surface area contributed by atoms with Crippen LogP contribution in [0.5, 0.6) is 0 Å². The van der Waals surface area contributed by atoms with Crippen molar-refractivity contribution in [3.8, 4) is 0 Å². The highest BCUT2D eigenvalue weighted by atomic mass is 16.5. The highest BCUT2D eigenvalue weighted by Gasteiger charge is 2.34. The molecule has 0 spiro atoms. The summed E-state index contributed by atoms with van der Waals surface area (Å²) in [6, 6.07) is 0. The van der Waals surface area contributed by atoms with E-state index in [0.717, 1.165) is 36.8 Å². The van der Waals surface area contributed by atoms with Gasteiger partial charge < -0.3 is 10.1 Å². The lowest BCUT2D eigenvalue weighted by molar-refractivity contribution is 0.0516. The fraction of sp³-hybridized carbons (Fsp3) is 1.00. The molecule has 1 fully saturated rings. The molecule has 1 saturated carbocycles. The Morgan fingerprint density at radius 2 is 2.00 bits per heavy atom. The SMILES string of the molecule is COCC(C)C1CCC1CNCC(C)C. The monoisotopic (exact) mass is 213 g/mol. The Morgan fingerprint density at radius 3 is 2.47 bits per heavy atom. The van der Waals surface area contributed by atoms with Crippen LogP contribution in [-0.4, -0.2) is 26.8 Å². The second-order valence-corrected chi connectivity index (χ2v) is 5.49. The summed E-state index contributed by atoms with van der Waals surface area (Å²) >= 11 is 0. The Kier molecular flexibility index (Phi) is 5.62. The van der Waals surface area contributed by atoms with Gasteiger partial charge in [0, 0.05) is 13.7 Å². The van der Waals surface area contributed by atoms with Gasteiger partial charge in [-0.25, -0.2) is 0 Å². The lowest BCUT2D eigenvalue weighted by Gasteiger charge is -2.41. The minimum atomic E-state index is 0.731. The minimum absolute atomic E-state index is 0.731. The first kappa shape index (κ1) is 13.0. The molecule has 1 N–H and O–H groups in total. The van der Waals surface area contributed by atoms with Crippen molar-refractivity contribution in [3.05, 3.63) is 0 Å². The molecule has 0 heterocycles. The van der Waals surface area contributed by atoms with Crippen molar-refractivity contribution >= 4 is 0 Å². The highest BCUT2D eigenvalue weighted by molar-refractivity contribution is 4.85. The normalized spacial score (nSPS) is 27.8. The molecule has 3 atom stereocenters. The third-order valence-electron chi connectivity index (χ3n) is 3.60. The predicted molar refractivity (Wildman–Crippen MR) is 65.0 cm³/mol. The van der Waals surface area contributed by atoms with Gasteiger partial charge in [-0.15, -0.1) is 0 Å². The van der Waals surface area contributed by atoms with Gasteiger partial charge in [0.25, 0.3) is 0 Å². The summed E-state index contributed by atoms with van der Waals surface area (Å²) in [6.07, 6.45) is 2.81. The number of methoxy groups -OCH3 is 1. The molecule has 1 aliphatic carbocycles. The molecule has 1 aliphatic rings. The summed E-state index contributed by atoms with van der Waals surface area (Å²) in [5, 5.41) is 3.57. The van der Waals surface area contributed by atoms with Crippen LogP contribution in [0, 0.1) is 23.7 Å². The van der Waals surface area contributed by atoms with Crippen LogP contribution < -0.4 is 5.32 Å². The number of rotatable bonds is 7. The maximum Gasteiger partial charge on any atom is 0.0490 e. The van der Waals surface area contributed by atoms with Crippen LogP contribution in [0.2, 0.25) is 0 Å². The van der Waals surface area contributed by atoms with Gasteiger partial charge in [-0.05, 0) is 49.6 Å². The average Bonchev–Trinajstić information content (AvgIpc) is 2.10. The lowest BCUT2D eigenvalue weighted by Crippen LogP contribution is -2.40. The summed E-state index contributed by atoms with van der Waals surface area (Å²) in [6.45, 7) is 10.1. The van der Waals surface area contributed by atoms with Crippen molar-refractivity contribution < 1.29 is 4.74 Å². The summed E-state index contributed by atoms with van der Waals surface area (Å²) in [7, 11) is 1.81. The van der Waals surface area contributed by atoms with E-state index in [2.05, 4.69) is 26.1 Å². The molecule has 0 radical (unpaired) electrons.